The summed E-state index contributed by atoms with van der Waals surface area (Å²) < 4.78 is 8.73. The molecule has 8 rings (SSSR count). The van der Waals surface area contributed by atoms with Crippen molar-refractivity contribution < 1.29 is 4.74 Å². The summed E-state index contributed by atoms with van der Waals surface area (Å²) in [6, 6.07) is 33.4. The second-order valence-corrected chi connectivity index (χ2v) is 11.8. The Kier molecular flexibility index (Phi) is 5.32. The van der Waals surface area contributed by atoms with Crippen LogP contribution in [-0.4, -0.2) is 19.5 Å². The van der Waals surface area contributed by atoms with E-state index in [0.717, 1.165) is 66.3 Å². The van der Waals surface area contributed by atoms with Crippen LogP contribution in [0, 0.1) is 0 Å². The molecule has 0 saturated carbocycles. The van der Waals surface area contributed by atoms with Gasteiger partial charge < -0.3 is 4.74 Å². The number of aromatic nitrogens is 4. The van der Waals surface area contributed by atoms with Crippen LogP contribution in [0.3, 0.4) is 0 Å². The molecule has 0 aliphatic heterocycles. The molecule has 4 aromatic carbocycles. The largest absolute Gasteiger partial charge is 0.457 e. The molecular weight excluding hydrogens is 516 g/mol. The van der Waals surface area contributed by atoms with Gasteiger partial charge in [-0.1, -0.05) is 63.2 Å². The molecule has 0 fully saturated rings. The SMILES string of the molecule is CC(C)(C)c1cnc2c(c1)ncc1ccc3ccc(Oc4ccc5c6ccccc6n(-c6ccccn6)c5c4)cc3c12. The fourth-order valence-corrected chi connectivity index (χ4v) is 5.93. The monoisotopic (exact) mass is 544 g/mol. The summed E-state index contributed by atoms with van der Waals surface area (Å²) in [5.41, 5.74) is 5.15. The molecule has 0 unspecified atom stereocenters. The van der Waals surface area contributed by atoms with Gasteiger partial charge in [-0.3, -0.25) is 14.5 Å². The predicted octanol–water partition coefficient (Wildman–Crippen LogP) is 9.52. The van der Waals surface area contributed by atoms with Gasteiger partial charge in [0.05, 0.1) is 22.1 Å². The fraction of sp³-hybridized carbons (Fsp3) is 0.108. The van der Waals surface area contributed by atoms with Crippen LogP contribution < -0.4 is 4.74 Å². The molecule has 0 N–H and O–H groups in total. The zero-order chi connectivity index (χ0) is 28.4. The van der Waals surface area contributed by atoms with Crippen LogP contribution >= 0.6 is 0 Å². The number of hydrogen-bond acceptors (Lipinski definition) is 4. The van der Waals surface area contributed by atoms with E-state index in [1.807, 2.05) is 48.9 Å². The molecule has 4 heterocycles. The molecule has 0 amide bonds. The predicted molar refractivity (Wildman–Crippen MR) is 172 cm³/mol. The van der Waals surface area contributed by atoms with Gasteiger partial charge in [-0.15, -0.1) is 0 Å². The van der Waals surface area contributed by atoms with E-state index in [4.69, 9.17) is 14.7 Å². The van der Waals surface area contributed by atoms with Gasteiger partial charge >= 0.3 is 0 Å². The molecule has 0 aliphatic rings. The Morgan fingerprint density at radius 1 is 0.619 bits per heavy atom. The molecule has 5 nitrogen and oxygen atoms in total. The molecule has 5 heteroatoms. The van der Waals surface area contributed by atoms with E-state index in [1.54, 1.807) is 0 Å². The maximum atomic E-state index is 6.54. The zero-order valence-corrected chi connectivity index (χ0v) is 23.7. The number of fused-ring (bicyclic) bond motifs is 8. The van der Waals surface area contributed by atoms with E-state index >= 15 is 0 Å². The highest BCUT2D eigenvalue weighted by Gasteiger charge is 2.17. The number of ether oxygens (including phenoxy) is 1. The lowest BCUT2D eigenvalue weighted by Crippen LogP contribution is -2.11. The van der Waals surface area contributed by atoms with Crippen LogP contribution in [0.5, 0.6) is 11.5 Å². The molecular formula is C37H28N4O. The van der Waals surface area contributed by atoms with Gasteiger partial charge in [0.2, 0.25) is 0 Å². The van der Waals surface area contributed by atoms with Crippen molar-refractivity contribution in [3.05, 3.63) is 121 Å². The Labute approximate surface area is 243 Å². The summed E-state index contributed by atoms with van der Waals surface area (Å²) in [5.74, 6) is 2.41. The lowest BCUT2D eigenvalue weighted by atomic mass is 9.88. The van der Waals surface area contributed by atoms with Gasteiger partial charge in [0, 0.05) is 46.2 Å². The molecule has 0 spiro atoms. The minimum atomic E-state index is 0.000967. The standard InChI is InChI=1S/C37H28N4O/c1-37(2,3)25-18-31-36(40-22-25)35-24(21-39-31)12-11-23-13-14-26(19-30(23)35)42-27-15-16-29-28-8-4-5-9-32(28)41(33(29)20-27)34-10-6-7-17-38-34/h4-22H,1-3H3. The minimum absolute atomic E-state index is 0.000967. The molecule has 0 atom stereocenters. The van der Waals surface area contributed by atoms with Crippen LogP contribution in [0.15, 0.2) is 116 Å². The highest BCUT2D eigenvalue weighted by atomic mass is 16.5. The quantitative estimate of drug-likeness (QED) is 0.208. The second-order valence-electron chi connectivity index (χ2n) is 11.8. The minimum Gasteiger partial charge on any atom is -0.457 e. The number of hydrogen-bond donors (Lipinski definition) is 0. The van der Waals surface area contributed by atoms with E-state index in [9.17, 15) is 0 Å². The molecule has 0 saturated heterocycles. The van der Waals surface area contributed by atoms with Crippen molar-refractivity contribution in [2.24, 2.45) is 0 Å². The third-order valence-electron chi connectivity index (χ3n) is 8.10. The van der Waals surface area contributed by atoms with Crippen LogP contribution in [0.4, 0.5) is 0 Å². The van der Waals surface area contributed by atoms with Crippen molar-refractivity contribution in [3.63, 3.8) is 0 Å². The lowest BCUT2D eigenvalue weighted by Gasteiger charge is -2.19. The summed E-state index contributed by atoms with van der Waals surface area (Å²) >= 11 is 0. The maximum absolute atomic E-state index is 6.54. The Bertz CT molecular complexity index is 2310. The van der Waals surface area contributed by atoms with Gasteiger partial charge in [-0.05, 0) is 70.3 Å². The first-order chi connectivity index (χ1) is 20.4. The second kappa shape index (κ2) is 9.11. The van der Waals surface area contributed by atoms with Gasteiger partial charge in [0.25, 0.3) is 0 Å². The van der Waals surface area contributed by atoms with Gasteiger partial charge in [-0.25, -0.2) is 4.98 Å². The van der Waals surface area contributed by atoms with E-state index in [2.05, 4.69) is 97.1 Å². The fourth-order valence-electron chi connectivity index (χ4n) is 5.93. The zero-order valence-electron chi connectivity index (χ0n) is 23.7. The third kappa shape index (κ3) is 3.89. The molecule has 8 aromatic rings. The molecule has 4 aromatic heterocycles. The first-order valence-corrected chi connectivity index (χ1v) is 14.2. The van der Waals surface area contributed by atoms with Crippen LogP contribution in [0.25, 0.3) is 60.2 Å². The normalized spacial score (nSPS) is 12.2. The van der Waals surface area contributed by atoms with E-state index in [0.29, 0.717) is 0 Å². The maximum Gasteiger partial charge on any atom is 0.137 e. The number of pyridine rings is 3. The van der Waals surface area contributed by atoms with E-state index < -0.39 is 0 Å². The van der Waals surface area contributed by atoms with E-state index in [1.165, 1.54) is 10.9 Å². The van der Waals surface area contributed by atoms with Gasteiger partial charge in [0.1, 0.15) is 17.3 Å². The average Bonchev–Trinajstić information content (AvgIpc) is 3.34. The lowest BCUT2D eigenvalue weighted by molar-refractivity contribution is 0.484. The van der Waals surface area contributed by atoms with Crippen molar-refractivity contribution in [1.29, 1.82) is 0 Å². The first kappa shape index (κ1) is 24.5. The number of para-hydroxylation sites is 1. The smallest absolute Gasteiger partial charge is 0.137 e. The Hall–Kier alpha value is -5.29. The third-order valence-corrected chi connectivity index (χ3v) is 8.10. The summed E-state index contributed by atoms with van der Waals surface area (Å²) in [6.45, 7) is 6.59. The Morgan fingerprint density at radius 3 is 2.24 bits per heavy atom. The number of nitrogens with zero attached hydrogens (tertiary/aromatic N) is 4. The molecule has 0 radical (unpaired) electrons. The molecule has 0 bridgehead atoms. The van der Waals surface area contributed by atoms with Gasteiger partial charge in [-0.2, -0.15) is 0 Å². The van der Waals surface area contributed by atoms with Crippen LogP contribution in [0.2, 0.25) is 0 Å². The Balaban J connectivity index is 1.28. The molecule has 202 valence electrons. The topological polar surface area (TPSA) is 52.8 Å². The van der Waals surface area contributed by atoms with Crippen LogP contribution in [-0.2, 0) is 5.41 Å². The van der Waals surface area contributed by atoms with Crippen molar-refractivity contribution in [1.82, 2.24) is 19.5 Å². The summed E-state index contributed by atoms with van der Waals surface area (Å²) in [5, 5.41) is 6.72. The summed E-state index contributed by atoms with van der Waals surface area (Å²) in [4.78, 5) is 14.3. The van der Waals surface area contributed by atoms with Crippen molar-refractivity contribution in [3.8, 4) is 17.3 Å². The highest BCUT2D eigenvalue weighted by Crippen LogP contribution is 2.37. The number of rotatable bonds is 3. The van der Waals surface area contributed by atoms with Crippen molar-refractivity contribution >= 4 is 54.4 Å². The summed E-state index contributed by atoms with van der Waals surface area (Å²) in [7, 11) is 0. The summed E-state index contributed by atoms with van der Waals surface area (Å²) in [6.07, 6.45) is 5.76. The average molecular weight is 545 g/mol. The molecule has 0 aliphatic carbocycles. The first-order valence-electron chi connectivity index (χ1n) is 14.2. The van der Waals surface area contributed by atoms with Gasteiger partial charge in [0.15, 0.2) is 0 Å². The highest BCUT2D eigenvalue weighted by molar-refractivity contribution is 6.18. The Morgan fingerprint density at radius 2 is 1.38 bits per heavy atom. The van der Waals surface area contributed by atoms with E-state index in [-0.39, 0.29) is 5.41 Å². The van der Waals surface area contributed by atoms with Crippen molar-refractivity contribution in [2.45, 2.75) is 26.2 Å². The number of benzene rings is 4. The van der Waals surface area contributed by atoms with Crippen LogP contribution in [0.1, 0.15) is 26.3 Å². The van der Waals surface area contributed by atoms with Crippen molar-refractivity contribution in [2.75, 3.05) is 0 Å². The molecule has 42 heavy (non-hydrogen) atoms.